The highest BCUT2D eigenvalue weighted by Crippen LogP contribution is 2.28. The normalized spacial score (nSPS) is 13.7. The highest BCUT2D eigenvalue weighted by molar-refractivity contribution is 7.98. The van der Waals surface area contributed by atoms with Gasteiger partial charge < -0.3 is 15.0 Å². The molecular formula is C21H26N6O2S. The van der Waals surface area contributed by atoms with Crippen LogP contribution in [0.3, 0.4) is 0 Å². The molecule has 0 bridgehead atoms. The zero-order valence-electron chi connectivity index (χ0n) is 17.3. The van der Waals surface area contributed by atoms with Crippen LogP contribution in [0.2, 0.25) is 0 Å². The fourth-order valence-corrected chi connectivity index (χ4v) is 3.91. The fraction of sp³-hybridized carbons (Fsp3) is 0.429. The zero-order valence-corrected chi connectivity index (χ0v) is 18.1. The van der Waals surface area contributed by atoms with E-state index in [9.17, 15) is 4.79 Å². The van der Waals surface area contributed by atoms with Crippen LogP contribution in [0.25, 0.3) is 11.0 Å². The van der Waals surface area contributed by atoms with Crippen molar-refractivity contribution in [3.63, 3.8) is 0 Å². The van der Waals surface area contributed by atoms with Gasteiger partial charge in [-0.2, -0.15) is 5.10 Å². The van der Waals surface area contributed by atoms with E-state index < -0.39 is 0 Å². The van der Waals surface area contributed by atoms with Gasteiger partial charge in [-0.15, -0.1) is 0 Å². The van der Waals surface area contributed by atoms with Crippen molar-refractivity contribution in [2.45, 2.75) is 31.5 Å². The summed E-state index contributed by atoms with van der Waals surface area (Å²) in [4.78, 5) is 23.8. The van der Waals surface area contributed by atoms with Crippen molar-refractivity contribution in [1.82, 2.24) is 25.1 Å². The number of hydrogen-bond donors (Lipinski definition) is 1. The van der Waals surface area contributed by atoms with Gasteiger partial charge in [0.2, 0.25) is 0 Å². The average molecular weight is 427 g/mol. The highest BCUT2D eigenvalue weighted by Gasteiger charge is 2.20. The number of aromatic nitrogens is 4. The molecule has 1 aliphatic heterocycles. The van der Waals surface area contributed by atoms with Crippen LogP contribution < -0.4 is 15.0 Å². The number of hydrogen-bond acceptors (Lipinski definition) is 7. The maximum Gasteiger partial charge on any atom is 0.258 e. The van der Waals surface area contributed by atoms with Gasteiger partial charge >= 0.3 is 0 Å². The molecule has 1 aliphatic rings. The van der Waals surface area contributed by atoms with Crippen LogP contribution in [0.4, 0.5) is 5.82 Å². The fourth-order valence-electron chi connectivity index (χ4n) is 3.55. The van der Waals surface area contributed by atoms with E-state index in [2.05, 4.69) is 20.3 Å². The molecule has 158 valence electrons. The smallest absolute Gasteiger partial charge is 0.258 e. The van der Waals surface area contributed by atoms with E-state index in [1.54, 1.807) is 0 Å². The zero-order chi connectivity index (χ0) is 20.9. The second-order valence-corrected chi connectivity index (χ2v) is 8.06. The molecule has 30 heavy (non-hydrogen) atoms. The first kappa shape index (κ1) is 20.5. The summed E-state index contributed by atoms with van der Waals surface area (Å²) in [7, 11) is 0. The van der Waals surface area contributed by atoms with Crippen molar-refractivity contribution in [2.75, 3.05) is 37.4 Å². The lowest BCUT2D eigenvalue weighted by Crippen LogP contribution is -2.31. The molecule has 0 saturated carbocycles. The lowest BCUT2D eigenvalue weighted by molar-refractivity contribution is -0.123. The standard InChI is InChI=1S/C21H26N6O2S/c1-15-6-5-7-16(12-15)29-14-18(28)22-8-11-27-20-17(13-23-27)19(24-21(25-20)30-2)26-9-3-4-10-26/h5-7,12-13H,3-4,8-11,14H2,1-2H3,(H,22,28). The molecule has 4 rings (SSSR count). The number of amides is 1. The Morgan fingerprint density at radius 3 is 2.87 bits per heavy atom. The van der Waals surface area contributed by atoms with Crippen LogP contribution in [0.15, 0.2) is 35.6 Å². The molecule has 0 spiro atoms. The van der Waals surface area contributed by atoms with Gasteiger partial charge in [0.05, 0.1) is 18.1 Å². The third kappa shape index (κ3) is 4.67. The minimum atomic E-state index is -0.162. The van der Waals surface area contributed by atoms with E-state index in [4.69, 9.17) is 9.72 Å². The Morgan fingerprint density at radius 1 is 1.27 bits per heavy atom. The number of nitrogens with one attached hydrogen (secondary N) is 1. The molecule has 0 atom stereocenters. The van der Waals surface area contributed by atoms with E-state index in [0.29, 0.717) is 18.8 Å². The molecule has 0 aliphatic carbocycles. The van der Waals surface area contributed by atoms with Gasteiger partial charge in [-0.1, -0.05) is 23.9 Å². The van der Waals surface area contributed by atoms with Gasteiger partial charge in [-0.05, 0) is 43.7 Å². The monoisotopic (exact) mass is 426 g/mol. The van der Waals surface area contributed by atoms with Crippen LogP contribution in [0.5, 0.6) is 5.75 Å². The third-order valence-corrected chi connectivity index (χ3v) is 5.60. The summed E-state index contributed by atoms with van der Waals surface area (Å²) in [5.74, 6) is 1.49. The van der Waals surface area contributed by atoms with E-state index >= 15 is 0 Å². The predicted molar refractivity (Wildman–Crippen MR) is 118 cm³/mol. The maximum atomic E-state index is 12.1. The number of anilines is 1. The topological polar surface area (TPSA) is 85.2 Å². The minimum Gasteiger partial charge on any atom is -0.484 e. The van der Waals surface area contributed by atoms with Crippen molar-refractivity contribution in [1.29, 1.82) is 0 Å². The number of aryl methyl sites for hydroxylation is 1. The summed E-state index contributed by atoms with van der Waals surface area (Å²) in [6.45, 7) is 4.99. The molecule has 1 saturated heterocycles. The van der Waals surface area contributed by atoms with Crippen molar-refractivity contribution >= 4 is 34.5 Å². The first-order valence-electron chi connectivity index (χ1n) is 10.1. The molecule has 9 heteroatoms. The Kier molecular flexibility index (Phi) is 6.37. The molecule has 3 aromatic rings. The van der Waals surface area contributed by atoms with E-state index in [1.165, 1.54) is 24.6 Å². The largest absolute Gasteiger partial charge is 0.484 e. The molecule has 8 nitrogen and oxygen atoms in total. The molecule has 1 aromatic carbocycles. The van der Waals surface area contributed by atoms with Gasteiger partial charge in [0.1, 0.15) is 11.6 Å². The van der Waals surface area contributed by atoms with Crippen LogP contribution >= 0.6 is 11.8 Å². The number of fused-ring (bicyclic) bond motifs is 1. The average Bonchev–Trinajstić information content (AvgIpc) is 3.42. The molecule has 2 aromatic heterocycles. The lowest BCUT2D eigenvalue weighted by Gasteiger charge is -2.17. The SMILES string of the molecule is CSc1nc(N2CCCC2)c2cnn(CCNC(=O)COc3cccc(C)c3)c2n1. The molecular weight excluding hydrogens is 400 g/mol. The van der Waals surface area contributed by atoms with Gasteiger partial charge in [0.25, 0.3) is 5.91 Å². The van der Waals surface area contributed by atoms with Crippen LogP contribution in [-0.4, -0.2) is 58.2 Å². The summed E-state index contributed by atoms with van der Waals surface area (Å²) in [6.07, 6.45) is 6.18. The van der Waals surface area contributed by atoms with Gasteiger partial charge in [0, 0.05) is 19.6 Å². The Bertz CT molecular complexity index is 1030. The van der Waals surface area contributed by atoms with Crippen LogP contribution in [0, 0.1) is 6.92 Å². The van der Waals surface area contributed by atoms with Gasteiger partial charge in [0.15, 0.2) is 17.4 Å². The highest BCUT2D eigenvalue weighted by atomic mass is 32.2. The number of carbonyl (C=O) groups excluding carboxylic acids is 1. The van der Waals surface area contributed by atoms with Crippen molar-refractivity contribution in [2.24, 2.45) is 0 Å². The lowest BCUT2D eigenvalue weighted by atomic mass is 10.2. The molecule has 1 amide bonds. The van der Waals surface area contributed by atoms with Gasteiger partial charge in [-0.25, -0.2) is 14.6 Å². The molecule has 0 radical (unpaired) electrons. The molecule has 0 unspecified atom stereocenters. The van der Waals surface area contributed by atoms with E-state index in [-0.39, 0.29) is 12.5 Å². The predicted octanol–water partition coefficient (Wildman–Crippen LogP) is 2.65. The number of rotatable bonds is 8. The number of ether oxygens (including phenoxy) is 1. The quantitative estimate of drug-likeness (QED) is 0.438. The first-order valence-corrected chi connectivity index (χ1v) is 11.3. The van der Waals surface area contributed by atoms with E-state index in [0.717, 1.165) is 40.7 Å². The number of benzene rings is 1. The second kappa shape index (κ2) is 9.34. The molecule has 3 heterocycles. The summed E-state index contributed by atoms with van der Waals surface area (Å²) in [6, 6.07) is 7.65. The summed E-state index contributed by atoms with van der Waals surface area (Å²) >= 11 is 1.53. The Hall–Kier alpha value is -2.81. The van der Waals surface area contributed by atoms with Crippen LogP contribution in [-0.2, 0) is 11.3 Å². The number of thioether (sulfide) groups is 1. The van der Waals surface area contributed by atoms with Crippen molar-refractivity contribution in [3.05, 3.63) is 36.0 Å². The molecule has 1 fully saturated rings. The number of nitrogens with zero attached hydrogens (tertiary/aromatic N) is 5. The Labute approximate surface area is 180 Å². The second-order valence-electron chi connectivity index (χ2n) is 7.29. The van der Waals surface area contributed by atoms with Crippen molar-refractivity contribution in [3.8, 4) is 5.75 Å². The summed E-state index contributed by atoms with van der Waals surface area (Å²) in [5.41, 5.74) is 1.90. The van der Waals surface area contributed by atoms with Crippen molar-refractivity contribution < 1.29 is 9.53 Å². The first-order chi connectivity index (χ1) is 14.6. The number of carbonyl (C=O) groups is 1. The minimum absolute atomic E-state index is 0.0127. The summed E-state index contributed by atoms with van der Waals surface area (Å²) in [5, 5.41) is 9.08. The summed E-state index contributed by atoms with van der Waals surface area (Å²) < 4.78 is 7.38. The van der Waals surface area contributed by atoms with Crippen LogP contribution in [0.1, 0.15) is 18.4 Å². The Balaban J connectivity index is 1.38. The van der Waals surface area contributed by atoms with Gasteiger partial charge in [-0.3, -0.25) is 4.79 Å². The Morgan fingerprint density at radius 2 is 2.10 bits per heavy atom. The van der Waals surface area contributed by atoms with E-state index in [1.807, 2.05) is 48.3 Å². The third-order valence-electron chi connectivity index (χ3n) is 5.05. The maximum absolute atomic E-state index is 12.1. The molecule has 1 N–H and O–H groups in total.